The molecule has 0 amide bonds. The third kappa shape index (κ3) is 8.05. The molecule has 0 aliphatic rings. The summed E-state index contributed by atoms with van der Waals surface area (Å²) in [6.45, 7) is 4.54. The number of carbonyl (C=O) groups is 1. The minimum atomic E-state index is -0.343. The predicted molar refractivity (Wildman–Crippen MR) is 56.0 cm³/mol. The van der Waals surface area contributed by atoms with Gasteiger partial charge >= 0.3 is 5.97 Å². The summed E-state index contributed by atoms with van der Waals surface area (Å²) in [7, 11) is 0. The maximum atomic E-state index is 11.0. The molecule has 0 aromatic rings. The number of ether oxygens (including phenoxy) is 1. The Morgan fingerprint density at radius 2 is 2.00 bits per heavy atom. The van der Waals surface area contributed by atoms with Gasteiger partial charge in [0, 0.05) is 6.42 Å². The van der Waals surface area contributed by atoms with Crippen LogP contribution < -0.4 is 0 Å². The quantitative estimate of drug-likeness (QED) is 0.614. The molecule has 0 saturated heterocycles. The zero-order chi connectivity index (χ0) is 10.8. The van der Waals surface area contributed by atoms with Gasteiger partial charge in [-0.2, -0.15) is 0 Å². The van der Waals surface area contributed by atoms with Crippen LogP contribution >= 0.6 is 0 Å². The molecule has 84 valence electrons. The molecule has 1 atom stereocenters. The monoisotopic (exact) mass is 202 g/mol. The SMILES string of the molecule is CCCCC(O)CCC(=O)OCCC. The van der Waals surface area contributed by atoms with Gasteiger partial charge in [0.15, 0.2) is 0 Å². The van der Waals surface area contributed by atoms with Crippen molar-refractivity contribution in [2.75, 3.05) is 6.61 Å². The van der Waals surface area contributed by atoms with Crippen LogP contribution in [0.3, 0.4) is 0 Å². The fraction of sp³-hybridized carbons (Fsp3) is 0.909. The molecular weight excluding hydrogens is 180 g/mol. The molecule has 0 spiro atoms. The van der Waals surface area contributed by atoms with Gasteiger partial charge in [-0.05, 0) is 19.3 Å². The second-order valence-electron chi connectivity index (χ2n) is 3.56. The number of aliphatic hydroxyl groups is 1. The molecule has 14 heavy (non-hydrogen) atoms. The van der Waals surface area contributed by atoms with Crippen molar-refractivity contribution < 1.29 is 14.6 Å². The Kier molecular flexibility index (Phi) is 8.64. The van der Waals surface area contributed by atoms with Crippen molar-refractivity contribution >= 4 is 5.97 Å². The average Bonchev–Trinajstić information content (AvgIpc) is 2.20. The largest absolute Gasteiger partial charge is 0.466 e. The van der Waals surface area contributed by atoms with Crippen LogP contribution in [0, 0.1) is 0 Å². The van der Waals surface area contributed by atoms with Crippen LogP contribution in [0.25, 0.3) is 0 Å². The van der Waals surface area contributed by atoms with Crippen LogP contribution in [0.5, 0.6) is 0 Å². The van der Waals surface area contributed by atoms with Gasteiger partial charge in [-0.3, -0.25) is 4.79 Å². The summed E-state index contributed by atoms with van der Waals surface area (Å²) in [6, 6.07) is 0. The van der Waals surface area contributed by atoms with Crippen molar-refractivity contribution in [2.24, 2.45) is 0 Å². The standard InChI is InChI=1S/C11H22O3/c1-3-5-6-10(12)7-8-11(13)14-9-4-2/h10,12H,3-9H2,1-2H3. The molecule has 1 unspecified atom stereocenters. The van der Waals surface area contributed by atoms with Crippen LogP contribution in [0.1, 0.15) is 52.4 Å². The number of carbonyl (C=O) groups excluding carboxylic acids is 1. The summed E-state index contributed by atoms with van der Waals surface area (Å²) in [5.74, 6) is -0.192. The fourth-order valence-corrected chi connectivity index (χ4v) is 1.16. The summed E-state index contributed by atoms with van der Waals surface area (Å²) in [5.41, 5.74) is 0. The first-order chi connectivity index (χ1) is 6.70. The zero-order valence-electron chi connectivity index (χ0n) is 9.29. The number of hydrogen-bond acceptors (Lipinski definition) is 3. The van der Waals surface area contributed by atoms with Gasteiger partial charge in [0.1, 0.15) is 0 Å². The summed E-state index contributed by atoms with van der Waals surface area (Å²) in [5, 5.41) is 9.45. The first-order valence-electron chi connectivity index (χ1n) is 5.54. The van der Waals surface area contributed by atoms with Crippen LogP contribution in [-0.2, 0) is 9.53 Å². The third-order valence-electron chi connectivity index (χ3n) is 2.04. The number of esters is 1. The van der Waals surface area contributed by atoms with Crippen molar-refractivity contribution in [3.05, 3.63) is 0 Å². The van der Waals surface area contributed by atoms with Crippen LogP contribution in [0.2, 0.25) is 0 Å². The van der Waals surface area contributed by atoms with E-state index >= 15 is 0 Å². The van der Waals surface area contributed by atoms with E-state index < -0.39 is 0 Å². The van der Waals surface area contributed by atoms with Crippen molar-refractivity contribution in [1.82, 2.24) is 0 Å². The molecule has 0 radical (unpaired) electrons. The highest BCUT2D eigenvalue weighted by molar-refractivity contribution is 5.69. The van der Waals surface area contributed by atoms with Crippen molar-refractivity contribution in [1.29, 1.82) is 0 Å². The second-order valence-corrected chi connectivity index (χ2v) is 3.56. The van der Waals surface area contributed by atoms with Crippen LogP contribution in [-0.4, -0.2) is 23.8 Å². The Labute approximate surface area is 86.5 Å². The minimum Gasteiger partial charge on any atom is -0.466 e. The topological polar surface area (TPSA) is 46.5 Å². The van der Waals surface area contributed by atoms with Gasteiger partial charge in [-0.15, -0.1) is 0 Å². The van der Waals surface area contributed by atoms with E-state index in [0.717, 1.165) is 25.7 Å². The lowest BCUT2D eigenvalue weighted by atomic mass is 10.1. The highest BCUT2D eigenvalue weighted by atomic mass is 16.5. The first-order valence-corrected chi connectivity index (χ1v) is 5.54. The molecule has 1 N–H and O–H groups in total. The van der Waals surface area contributed by atoms with E-state index in [9.17, 15) is 9.90 Å². The summed E-state index contributed by atoms with van der Waals surface area (Å²) in [4.78, 5) is 11.0. The van der Waals surface area contributed by atoms with Crippen molar-refractivity contribution in [3.63, 3.8) is 0 Å². The van der Waals surface area contributed by atoms with E-state index in [1.54, 1.807) is 0 Å². The lowest BCUT2D eigenvalue weighted by Gasteiger charge is -2.09. The Bertz CT molecular complexity index is 145. The lowest BCUT2D eigenvalue weighted by Crippen LogP contribution is -2.12. The Hall–Kier alpha value is -0.570. The minimum absolute atomic E-state index is 0.192. The maximum Gasteiger partial charge on any atom is 0.305 e. The van der Waals surface area contributed by atoms with E-state index in [4.69, 9.17) is 4.74 Å². The molecule has 3 nitrogen and oxygen atoms in total. The van der Waals surface area contributed by atoms with E-state index in [1.807, 2.05) is 6.92 Å². The molecule has 0 aromatic carbocycles. The van der Waals surface area contributed by atoms with E-state index in [-0.39, 0.29) is 12.1 Å². The average molecular weight is 202 g/mol. The number of aliphatic hydroxyl groups excluding tert-OH is 1. The molecule has 0 bridgehead atoms. The Balaban J connectivity index is 3.36. The van der Waals surface area contributed by atoms with Gasteiger partial charge in [0.2, 0.25) is 0 Å². The van der Waals surface area contributed by atoms with Crippen LogP contribution in [0.4, 0.5) is 0 Å². The third-order valence-corrected chi connectivity index (χ3v) is 2.04. The highest BCUT2D eigenvalue weighted by Gasteiger charge is 2.08. The van der Waals surface area contributed by atoms with Crippen LogP contribution in [0.15, 0.2) is 0 Å². The van der Waals surface area contributed by atoms with Gasteiger partial charge in [-0.25, -0.2) is 0 Å². The number of unbranched alkanes of at least 4 members (excludes halogenated alkanes) is 1. The first kappa shape index (κ1) is 13.4. The fourth-order valence-electron chi connectivity index (χ4n) is 1.16. The summed E-state index contributed by atoms with van der Waals surface area (Å²) >= 11 is 0. The number of rotatable bonds is 8. The molecule has 0 fully saturated rings. The van der Waals surface area contributed by atoms with E-state index in [1.165, 1.54) is 0 Å². The lowest BCUT2D eigenvalue weighted by molar-refractivity contribution is -0.144. The van der Waals surface area contributed by atoms with E-state index in [2.05, 4.69) is 6.92 Å². The van der Waals surface area contributed by atoms with E-state index in [0.29, 0.717) is 19.4 Å². The molecule has 0 saturated carbocycles. The van der Waals surface area contributed by atoms with Gasteiger partial charge < -0.3 is 9.84 Å². The molecule has 0 aliphatic heterocycles. The summed E-state index contributed by atoms with van der Waals surface area (Å²) < 4.78 is 4.90. The Morgan fingerprint density at radius 3 is 2.57 bits per heavy atom. The smallest absolute Gasteiger partial charge is 0.305 e. The molecule has 3 heteroatoms. The van der Waals surface area contributed by atoms with Gasteiger partial charge in [-0.1, -0.05) is 26.7 Å². The second kappa shape index (κ2) is 9.00. The molecule has 0 heterocycles. The maximum absolute atomic E-state index is 11.0. The zero-order valence-corrected chi connectivity index (χ0v) is 9.29. The van der Waals surface area contributed by atoms with Crippen molar-refractivity contribution in [2.45, 2.75) is 58.5 Å². The molecule has 0 aromatic heterocycles. The highest BCUT2D eigenvalue weighted by Crippen LogP contribution is 2.07. The van der Waals surface area contributed by atoms with Gasteiger partial charge in [0.25, 0.3) is 0 Å². The molecule has 0 aliphatic carbocycles. The molecular formula is C11H22O3. The molecule has 0 rings (SSSR count). The Morgan fingerprint density at radius 1 is 1.29 bits per heavy atom. The number of hydrogen-bond donors (Lipinski definition) is 1. The van der Waals surface area contributed by atoms with Gasteiger partial charge in [0.05, 0.1) is 12.7 Å². The van der Waals surface area contributed by atoms with Crippen molar-refractivity contribution in [3.8, 4) is 0 Å². The summed E-state index contributed by atoms with van der Waals surface area (Å²) in [6.07, 6.45) is 4.27. The predicted octanol–water partition coefficient (Wildman–Crippen LogP) is 2.27. The normalized spacial score (nSPS) is 12.5.